The minimum Gasteiger partial charge on any atom is -0.383 e. The number of amides is 1. The maximum Gasteiger partial charge on any atom is 0.230 e. The molecular formula is C13H23N5OS. The molecule has 1 rings (SSSR count). The van der Waals surface area contributed by atoms with E-state index in [-0.39, 0.29) is 17.7 Å². The molecule has 0 fully saturated rings. The first-order chi connectivity index (χ1) is 9.36. The Morgan fingerprint density at radius 2 is 1.85 bits per heavy atom. The summed E-state index contributed by atoms with van der Waals surface area (Å²) in [5.41, 5.74) is 11.1. The van der Waals surface area contributed by atoms with Gasteiger partial charge < -0.3 is 16.8 Å². The zero-order valence-corrected chi connectivity index (χ0v) is 13.0. The highest BCUT2D eigenvalue weighted by Gasteiger charge is 2.10. The van der Waals surface area contributed by atoms with Crippen LogP contribution in [-0.2, 0) is 4.79 Å². The number of anilines is 2. The van der Waals surface area contributed by atoms with Crippen LogP contribution in [0.5, 0.6) is 0 Å². The lowest BCUT2D eigenvalue weighted by atomic mass is 10.0. The van der Waals surface area contributed by atoms with Crippen molar-refractivity contribution < 1.29 is 4.79 Å². The van der Waals surface area contributed by atoms with E-state index in [1.54, 1.807) is 0 Å². The molecule has 0 radical (unpaired) electrons. The lowest BCUT2D eigenvalue weighted by Crippen LogP contribution is -2.34. The molecule has 6 nitrogen and oxygen atoms in total. The van der Waals surface area contributed by atoms with Crippen LogP contribution in [0.3, 0.4) is 0 Å². The smallest absolute Gasteiger partial charge is 0.230 e. The van der Waals surface area contributed by atoms with Crippen molar-refractivity contribution in [1.29, 1.82) is 0 Å². The number of nitrogens with zero attached hydrogens (tertiary/aromatic N) is 2. The molecular weight excluding hydrogens is 274 g/mol. The summed E-state index contributed by atoms with van der Waals surface area (Å²) >= 11 is 1.23. The molecule has 1 amide bonds. The minimum atomic E-state index is -0.0316. The zero-order valence-electron chi connectivity index (χ0n) is 12.2. The number of carbonyl (C=O) groups is 1. The lowest BCUT2D eigenvalue weighted by Gasteiger charge is -2.14. The minimum absolute atomic E-state index is 0.0316. The monoisotopic (exact) mass is 297 g/mol. The lowest BCUT2D eigenvalue weighted by molar-refractivity contribution is -0.119. The van der Waals surface area contributed by atoms with Crippen LogP contribution in [-0.4, -0.2) is 27.7 Å². The summed E-state index contributed by atoms with van der Waals surface area (Å²) in [4.78, 5) is 19.8. The van der Waals surface area contributed by atoms with Gasteiger partial charge in [-0.15, -0.1) is 0 Å². The van der Waals surface area contributed by atoms with Gasteiger partial charge in [0.15, 0.2) is 5.16 Å². The maximum absolute atomic E-state index is 11.8. The van der Waals surface area contributed by atoms with Crippen LogP contribution in [0.15, 0.2) is 11.2 Å². The van der Waals surface area contributed by atoms with Crippen molar-refractivity contribution in [1.82, 2.24) is 15.3 Å². The van der Waals surface area contributed by atoms with Crippen LogP contribution in [0, 0.1) is 5.92 Å². The molecule has 1 atom stereocenters. The molecule has 7 heteroatoms. The molecule has 0 saturated heterocycles. The largest absolute Gasteiger partial charge is 0.383 e. The molecule has 1 heterocycles. The molecule has 0 bridgehead atoms. The van der Waals surface area contributed by atoms with Crippen molar-refractivity contribution in [3.05, 3.63) is 6.07 Å². The molecule has 0 spiro atoms. The molecule has 1 aromatic rings. The number of nitrogens with two attached hydrogens (primary N) is 2. The topological polar surface area (TPSA) is 107 Å². The average Bonchev–Trinajstić information content (AvgIpc) is 2.33. The third-order valence-corrected chi connectivity index (χ3v) is 3.51. The van der Waals surface area contributed by atoms with Gasteiger partial charge in [-0.2, -0.15) is 0 Å². The third-order valence-electron chi connectivity index (χ3n) is 2.66. The van der Waals surface area contributed by atoms with E-state index < -0.39 is 0 Å². The predicted octanol–water partition coefficient (Wildman–Crippen LogP) is 1.67. The van der Waals surface area contributed by atoms with Crippen LogP contribution >= 0.6 is 11.8 Å². The van der Waals surface area contributed by atoms with Crippen molar-refractivity contribution in [2.45, 2.75) is 44.8 Å². The summed E-state index contributed by atoms with van der Waals surface area (Å²) in [5, 5.41) is 3.38. The Morgan fingerprint density at radius 3 is 2.40 bits per heavy atom. The van der Waals surface area contributed by atoms with Gasteiger partial charge in [-0.25, -0.2) is 9.97 Å². The van der Waals surface area contributed by atoms with E-state index in [4.69, 9.17) is 11.5 Å². The Bertz CT molecular complexity index is 432. The van der Waals surface area contributed by atoms with Gasteiger partial charge in [0.05, 0.1) is 5.75 Å². The van der Waals surface area contributed by atoms with Crippen molar-refractivity contribution in [2.24, 2.45) is 5.92 Å². The van der Waals surface area contributed by atoms with Crippen LogP contribution in [0.2, 0.25) is 0 Å². The fraction of sp³-hybridized carbons (Fsp3) is 0.615. The Hall–Kier alpha value is -1.50. The van der Waals surface area contributed by atoms with Gasteiger partial charge in [0.1, 0.15) is 11.6 Å². The zero-order chi connectivity index (χ0) is 15.1. The SMILES string of the molecule is CC(C)CC[C@H](C)NC(=O)CSc1nc(N)cc(N)n1. The second-order valence-electron chi connectivity index (χ2n) is 5.23. The van der Waals surface area contributed by atoms with E-state index in [1.807, 2.05) is 6.92 Å². The summed E-state index contributed by atoms with van der Waals surface area (Å²) in [5.74, 6) is 1.49. The van der Waals surface area contributed by atoms with Crippen molar-refractivity contribution in [3.8, 4) is 0 Å². The second-order valence-corrected chi connectivity index (χ2v) is 6.17. The molecule has 1 aromatic heterocycles. The molecule has 0 aliphatic heterocycles. The van der Waals surface area contributed by atoms with Crippen molar-refractivity contribution in [2.75, 3.05) is 17.2 Å². The molecule has 0 aliphatic carbocycles. The molecule has 0 saturated carbocycles. The van der Waals surface area contributed by atoms with Crippen molar-refractivity contribution >= 4 is 29.3 Å². The summed E-state index contributed by atoms with van der Waals surface area (Å²) in [6.07, 6.45) is 2.08. The van der Waals surface area contributed by atoms with E-state index in [9.17, 15) is 4.79 Å². The molecule has 0 aliphatic rings. The number of aromatic nitrogens is 2. The highest BCUT2D eigenvalue weighted by molar-refractivity contribution is 7.99. The molecule has 112 valence electrons. The van der Waals surface area contributed by atoms with Crippen LogP contribution in [0.1, 0.15) is 33.6 Å². The van der Waals surface area contributed by atoms with Gasteiger partial charge in [-0.1, -0.05) is 25.6 Å². The number of hydrogen-bond donors (Lipinski definition) is 3. The number of rotatable bonds is 7. The first-order valence-corrected chi connectivity index (χ1v) is 7.67. The van der Waals surface area contributed by atoms with Gasteiger partial charge in [0.2, 0.25) is 5.91 Å². The highest BCUT2D eigenvalue weighted by Crippen LogP contribution is 2.16. The quantitative estimate of drug-likeness (QED) is 0.522. The summed E-state index contributed by atoms with van der Waals surface area (Å²) < 4.78 is 0. The van der Waals surface area contributed by atoms with Crippen LogP contribution < -0.4 is 16.8 Å². The molecule has 5 N–H and O–H groups in total. The van der Waals surface area contributed by atoms with Gasteiger partial charge in [-0.05, 0) is 25.7 Å². The standard InChI is InChI=1S/C13H23N5OS/c1-8(2)4-5-9(3)16-12(19)7-20-13-17-10(14)6-11(15)18-13/h6,8-9H,4-5,7H2,1-3H3,(H,16,19)(H4,14,15,17,18)/t9-/m0/s1. The number of thioether (sulfide) groups is 1. The van der Waals surface area contributed by atoms with Crippen LogP contribution in [0.4, 0.5) is 11.6 Å². The van der Waals surface area contributed by atoms with Crippen LogP contribution in [0.25, 0.3) is 0 Å². The van der Waals surface area contributed by atoms with E-state index in [0.29, 0.717) is 22.7 Å². The van der Waals surface area contributed by atoms with E-state index in [0.717, 1.165) is 12.8 Å². The van der Waals surface area contributed by atoms with E-state index >= 15 is 0 Å². The normalized spacial score (nSPS) is 12.4. The molecule has 20 heavy (non-hydrogen) atoms. The number of hydrogen-bond acceptors (Lipinski definition) is 6. The Labute approximate surface area is 124 Å². The maximum atomic E-state index is 11.8. The summed E-state index contributed by atoms with van der Waals surface area (Å²) in [6.45, 7) is 6.36. The number of carbonyl (C=O) groups excluding carboxylic acids is 1. The number of nitrogens with one attached hydrogen (secondary N) is 1. The van der Waals surface area contributed by atoms with Gasteiger partial charge in [0, 0.05) is 12.1 Å². The second kappa shape index (κ2) is 7.94. The van der Waals surface area contributed by atoms with Gasteiger partial charge in [-0.3, -0.25) is 4.79 Å². The summed E-state index contributed by atoms with van der Waals surface area (Å²) in [6, 6.07) is 1.66. The van der Waals surface area contributed by atoms with E-state index in [1.165, 1.54) is 17.8 Å². The fourth-order valence-electron chi connectivity index (χ4n) is 1.63. The van der Waals surface area contributed by atoms with Crippen molar-refractivity contribution in [3.63, 3.8) is 0 Å². The van der Waals surface area contributed by atoms with E-state index in [2.05, 4.69) is 29.1 Å². The average molecular weight is 297 g/mol. The highest BCUT2D eigenvalue weighted by atomic mass is 32.2. The predicted molar refractivity (Wildman–Crippen MR) is 83.3 cm³/mol. The van der Waals surface area contributed by atoms with Gasteiger partial charge >= 0.3 is 0 Å². The first kappa shape index (κ1) is 16.6. The Morgan fingerprint density at radius 1 is 1.25 bits per heavy atom. The molecule has 0 unspecified atom stereocenters. The fourth-order valence-corrected chi connectivity index (χ4v) is 2.31. The Balaban J connectivity index is 2.35. The summed E-state index contributed by atoms with van der Waals surface area (Å²) in [7, 11) is 0. The molecule has 0 aromatic carbocycles. The first-order valence-electron chi connectivity index (χ1n) is 6.69. The Kier molecular flexibility index (Phi) is 6.57. The third kappa shape index (κ3) is 6.60. The number of nitrogen functional groups attached to an aromatic ring is 2. The van der Waals surface area contributed by atoms with Gasteiger partial charge in [0.25, 0.3) is 0 Å².